The van der Waals surface area contributed by atoms with Crippen LogP contribution in [-0.2, 0) is 12.0 Å². The van der Waals surface area contributed by atoms with Gasteiger partial charge in [0.05, 0.1) is 12.7 Å². The number of aliphatic hydroxyl groups is 1. The molecule has 0 heterocycles. The Morgan fingerprint density at radius 2 is 1.84 bits per heavy atom. The summed E-state index contributed by atoms with van der Waals surface area (Å²) in [5.41, 5.74) is -0.0163. The van der Waals surface area contributed by atoms with Crippen LogP contribution in [-0.4, -0.2) is 12.2 Å². The Labute approximate surface area is 112 Å². The van der Waals surface area contributed by atoms with E-state index in [0.717, 1.165) is 5.56 Å². The quantitative estimate of drug-likeness (QED) is 0.914. The smallest absolute Gasteiger partial charge is 0.132 e. The van der Waals surface area contributed by atoms with Crippen molar-refractivity contribution in [2.75, 3.05) is 7.11 Å². The van der Waals surface area contributed by atoms with Crippen LogP contribution in [0.3, 0.4) is 0 Å². The third-order valence-electron chi connectivity index (χ3n) is 3.15. The van der Waals surface area contributed by atoms with Crippen molar-refractivity contribution in [1.29, 1.82) is 0 Å². The van der Waals surface area contributed by atoms with Gasteiger partial charge >= 0.3 is 0 Å². The van der Waals surface area contributed by atoms with E-state index in [4.69, 9.17) is 4.74 Å². The van der Waals surface area contributed by atoms with Gasteiger partial charge in [-0.3, -0.25) is 0 Å². The van der Waals surface area contributed by atoms with E-state index < -0.39 is 11.4 Å². The molecular weight excluding hydrogens is 243 g/mol. The molecule has 2 nitrogen and oxygen atoms in total. The maximum absolute atomic E-state index is 14.0. The molecule has 1 atom stereocenters. The number of ether oxygens (including phenoxy) is 1. The van der Waals surface area contributed by atoms with Gasteiger partial charge in [-0.05, 0) is 24.6 Å². The molecule has 0 fully saturated rings. The van der Waals surface area contributed by atoms with Crippen LogP contribution in [0.4, 0.5) is 4.39 Å². The molecule has 0 saturated heterocycles. The summed E-state index contributed by atoms with van der Waals surface area (Å²) in [6, 6.07) is 14.0. The van der Waals surface area contributed by atoms with Crippen LogP contribution < -0.4 is 4.74 Å². The number of hydrogen-bond donors (Lipinski definition) is 1. The van der Waals surface area contributed by atoms with Gasteiger partial charge in [0.1, 0.15) is 11.6 Å². The van der Waals surface area contributed by atoms with Gasteiger partial charge in [0, 0.05) is 18.1 Å². The Hall–Kier alpha value is -1.87. The molecule has 0 aliphatic heterocycles. The third kappa shape index (κ3) is 3.12. The van der Waals surface area contributed by atoms with Crippen LogP contribution in [0, 0.1) is 5.82 Å². The summed E-state index contributed by atoms with van der Waals surface area (Å²) in [7, 11) is 1.48. The van der Waals surface area contributed by atoms with E-state index in [1.807, 2.05) is 30.3 Å². The van der Waals surface area contributed by atoms with Crippen molar-refractivity contribution in [3.63, 3.8) is 0 Å². The zero-order valence-electron chi connectivity index (χ0n) is 11.1. The highest BCUT2D eigenvalue weighted by Gasteiger charge is 2.27. The highest BCUT2D eigenvalue weighted by atomic mass is 19.1. The molecule has 0 bridgehead atoms. The maximum atomic E-state index is 14.0. The van der Waals surface area contributed by atoms with Crippen molar-refractivity contribution in [3.8, 4) is 5.75 Å². The summed E-state index contributed by atoms with van der Waals surface area (Å²) in [6.07, 6.45) is 0.358. The van der Waals surface area contributed by atoms with Gasteiger partial charge in [-0.25, -0.2) is 4.39 Å². The predicted molar refractivity (Wildman–Crippen MR) is 72.7 cm³/mol. The van der Waals surface area contributed by atoms with E-state index in [-0.39, 0.29) is 5.56 Å². The summed E-state index contributed by atoms with van der Waals surface area (Å²) >= 11 is 0. The molecule has 0 aromatic heterocycles. The number of rotatable bonds is 4. The Bertz CT molecular complexity index is 550. The molecular formula is C16H17FO2. The molecule has 1 N–H and O–H groups in total. The summed E-state index contributed by atoms with van der Waals surface area (Å²) < 4.78 is 19.0. The Kier molecular flexibility index (Phi) is 3.86. The van der Waals surface area contributed by atoms with E-state index in [2.05, 4.69) is 0 Å². The van der Waals surface area contributed by atoms with E-state index in [1.54, 1.807) is 19.1 Å². The molecule has 19 heavy (non-hydrogen) atoms. The van der Waals surface area contributed by atoms with E-state index >= 15 is 0 Å². The van der Waals surface area contributed by atoms with Crippen molar-refractivity contribution in [1.82, 2.24) is 0 Å². The van der Waals surface area contributed by atoms with Crippen LogP contribution in [0.5, 0.6) is 5.75 Å². The van der Waals surface area contributed by atoms with Gasteiger partial charge < -0.3 is 9.84 Å². The Morgan fingerprint density at radius 1 is 1.16 bits per heavy atom. The first-order valence-electron chi connectivity index (χ1n) is 6.13. The molecule has 100 valence electrons. The molecule has 0 radical (unpaired) electrons. The normalized spacial score (nSPS) is 13.9. The highest BCUT2D eigenvalue weighted by molar-refractivity contribution is 5.33. The van der Waals surface area contributed by atoms with Crippen LogP contribution in [0.2, 0.25) is 0 Å². The van der Waals surface area contributed by atoms with E-state index in [0.29, 0.717) is 12.2 Å². The molecule has 0 aliphatic carbocycles. The topological polar surface area (TPSA) is 29.5 Å². The molecule has 0 saturated carbocycles. The minimum absolute atomic E-state index is 0.275. The summed E-state index contributed by atoms with van der Waals surface area (Å²) in [4.78, 5) is 0. The number of methoxy groups -OCH3 is 1. The summed E-state index contributed by atoms with van der Waals surface area (Å²) in [5, 5.41) is 10.5. The molecule has 2 aromatic carbocycles. The van der Waals surface area contributed by atoms with Crippen LogP contribution in [0.1, 0.15) is 18.1 Å². The van der Waals surface area contributed by atoms with Gasteiger partial charge in [-0.2, -0.15) is 0 Å². The van der Waals surface area contributed by atoms with Gasteiger partial charge in [-0.1, -0.05) is 30.3 Å². The highest BCUT2D eigenvalue weighted by Crippen LogP contribution is 2.29. The number of hydrogen-bond acceptors (Lipinski definition) is 2. The monoisotopic (exact) mass is 260 g/mol. The Morgan fingerprint density at radius 3 is 2.42 bits per heavy atom. The predicted octanol–water partition coefficient (Wildman–Crippen LogP) is 3.28. The fourth-order valence-corrected chi connectivity index (χ4v) is 2.15. The average molecular weight is 260 g/mol. The lowest BCUT2D eigenvalue weighted by molar-refractivity contribution is 0.0537. The summed E-state index contributed by atoms with van der Waals surface area (Å²) in [6.45, 7) is 1.62. The van der Waals surface area contributed by atoms with Crippen molar-refractivity contribution in [3.05, 3.63) is 65.5 Å². The van der Waals surface area contributed by atoms with Crippen molar-refractivity contribution >= 4 is 0 Å². The first-order valence-corrected chi connectivity index (χ1v) is 6.13. The fourth-order valence-electron chi connectivity index (χ4n) is 2.15. The number of benzene rings is 2. The zero-order chi connectivity index (χ0) is 13.9. The van der Waals surface area contributed by atoms with E-state index in [1.165, 1.54) is 13.2 Å². The van der Waals surface area contributed by atoms with Crippen LogP contribution >= 0.6 is 0 Å². The second-order valence-corrected chi connectivity index (χ2v) is 4.78. The lowest BCUT2D eigenvalue weighted by atomic mass is 9.88. The van der Waals surface area contributed by atoms with Crippen molar-refractivity contribution < 1.29 is 14.2 Å². The van der Waals surface area contributed by atoms with Crippen LogP contribution in [0.15, 0.2) is 48.5 Å². The minimum Gasteiger partial charge on any atom is -0.497 e. The maximum Gasteiger partial charge on any atom is 0.132 e. The van der Waals surface area contributed by atoms with E-state index in [9.17, 15) is 9.50 Å². The van der Waals surface area contributed by atoms with Gasteiger partial charge in [0.15, 0.2) is 0 Å². The molecule has 2 rings (SSSR count). The molecule has 0 spiro atoms. The average Bonchev–Trinajstić information content (AvgIpc) is 2.38. The van der Waals surface area contributed by atoms with Gasteiger partial charge in [0.25, 0.3) is 0 Å². The van der Waals surface area contributed by atoms with Gasteiger partial charge in [0.2, 0.25) is 0 Å². The largest absolute Gasteiger partial charge is 0.497 e. The molecule has 3 heteroatoms. The lowest BCUT2D eigenvalue weighted by Crippen LogP contribution is -2.25. The second kappa shape index (κ2) is 5.41. The van der Waals surface area contributed by atoms with Crippen LogP contribution in [0.25, 0.3) is 0 Å². The molecule has 0 amide bonds. The fraction of sp³-hybridized carbons (Fsp3) is 0.250. The lowest BCUT2D eigenvalue weighted by Gasteiger charge is -2.24. The standard InChI is InChI=1S/C16H17FO2/c1-16(18,11-12-6-4-3-5-7-12)14-9-8-13(19-2)10-15(14)17/h3-10,18H,11H2,1-2H3. The first-order chi connectivity index (χ1) is 9.03. The van der Waals surface area contributed by atoms with Crippen molar-refractivity contribution in [2.24, 2.45) is 0 Å². The summed E-state index contributed by atoms with van der Waals surface area (Å²) in [5.74, 6) is -0.0166. The first kappa shape index (κ1) is 13.6. The molecule has 0 aliphatic rings. The SMILES string of the molecule is COc1ccc(C(C)(O)Cc2ccccc2)c(F)c1. The molecule has 2 aromatic rings. The zero-order valence-corrected chi connectivity index (χ0v) is 11.1. The second-order valence-electron chi connectivity index (χ2n) is 4.78. The number of halogens is 1. The third-order valence-corrected chi connectivity index (χ3v) is 3.15. The van der Waals surface area contributed by atoms with Gasteiger partial charge in [-0.15, -0.1) is 0 Å². The Balaban J connectivity index is 2.29. The minimum atomic E-state index is -1.25. The van der Waals surface area contributed by atoms with Crippen molar-refractivity contribution in [2.45, 2.75) is 18.9 Å². The molecule has 1 unspecified atom stereocenters.